The molecule has 3 rings (SSSR count). The van der Waals surface area contributed by atoms with E-state index in [9.17, 15) is 4.79 Å². The van der Waals surface area contributed by atoms with Gasteiger partial charge in [0.2, 0.25) is 5.91 Å². The summed E-state index contributed by atoms with van der Waals surface area (Å²) in [4.78, 5) is 15.4. The van der Waals surface area contributed by atoms with Crippen LogP contribution in [0.2, 0.25) is 5.02 Å². The largest absolute Gasteiger partial charge is 0.383 e. The number of benzene rings is 2. The van der Waals surface area contributed by atoms with Crippen LogP contribution in [0.5, 0.6) is 0 Å². The minimum absolute atomic E-state index is 0.135. The monoisotopic (exact) mass is 424 g/mol. The molecule has 0 fully saturated rings. The van der Waals surface area contributed by atoms with Gasteiger partial charge in [0, 0.05) is 37.1 Å². The Balaban J connectivity index is 1.80. The predicted molar refractivity (Wildman–Crippen MR) is 122 cm³/mol. The molecule has 3 aromatic rings. The van der Waals surface area contributed by atoms with Crippen molar-refractivity contribution in [2.45, 2.75) is 32.4 Å². The molecular formula is C25H29ClN2O2. The zero-order valence-electron chi connectivity index (χ0n) is 17.6. The molecule has 0 saturated heterocycles. The summed E-state index contributed by atoms with van der Waals surface area (Å²) in [6.45, 7) is 4.38. The summed E-state index contributed by atoms with van der Waals surface area (Å²) in [5.74, 6) is -0.0179. The van der Waals surface area contributed by atoms with Gasteiger partial charge in [-0.1, -0.05) is 61.0 Å². The van der Waals surface area contributed by atoms with Gasteiger partial charge in [-0.3, -0.25) is 4.79 Å². The molecule has 0 saturated carbocycles. The topological polar surface area (TPSA) is 34.5 Å². The van der Waals surface area contributed by atoms with Gasteiger partial charge in [0.25, 0.3) is 0 Å². The summed E-state index contributed by atoms with van der Waals surface area (Å²) in [6, 6.07) is 22.0. The van der Waals surface area contributed by atoms with E-state index in [1.54, 1.807) is 7.11 Å². The van der Waals surface area contributed by atoms with Crippen molar-refractivity contribution in [2.75, 3.05) is 20.3 Å². The standard InChI is InChI=1S/C25H29ClN2O2/c1-3-24(21-10-5-4-6-11-21)25(29)28(15-16-30-2)19-23-13-8-14-27(23)18-20-9-7-12-22(26)17-20/h4-14,17,24H,3,15-16,18-19H2,1-2H3/t24-/m0/s1. The van der Waals surface area contributed by atoms with Crippen LogP contribution >= 0.6 is 11.6 Å². The SMILES string of the molecule is CC[C@H](C(=O)N(CCOC)Cc1cccn1Cc1cccc(Cl)c1)c1ccccc1. The van der Waals surface area contributed by atoms with Crippen LogP contribution in [0.3, 0.4) is 0 Å². The van der Waals surface area contributed by atoms with Crippen molar-refractivity contribution in [3.63, 3.8) is 0 Å². The molecule has 5 heteroatoms. The van der Waals surface area contributed by atoms with Crippen LogP contribution in [0.1, 0.15) is 36.1 Å². The van der Waals surface area contributed by atoms with Crippen molar-refractivity contribution in [1.29, 1.82) is 0 Å². The summed E-state index contributed by atoms with van der Waals surface area (Å²) in [6.07, 6.45) is 2.81. The minimum Gasteiger partial charge on any atom is -0.383 e. The Morgan fingerprint density at radius 1 is 1.10 bits per heavy atom. The lowest BCUT2D eigenvalue weighted by molar-refractivity contribution is -0.134. The Labute approximate surface area is 184 Å². The quantitative estimate of drug-likeness (QED) is 0.439. The molecule has 1 aromatic heterocycles. The summed E-state index contributed by atoms with van der Waals surface area (Å²) < 4.78 is 7.45. The highest BCUT2D eigenvalue weighted by Gasteiger charge is 2.25. The second-order valence-electron chi connectivity index (χ2n) is 7.38. The molecule has 0 aliphatic rings. The number of hydrogen-bond donors (Lipinski definition) is 0. The molecule has 0 aliphatic heterocycles. The highest BCUT2D eigenvalue weighted by atomic mass is 35.5. The zero-order valence-corrected chi connectivity index (χ0v) is 18.4. The van der Waals surface area contributed by atoms with Gasteiger partial charge in [0.1, 0.15) is 0 Å². The average molecular weight is 425 g/mol. The normalized spacial score (nSPS) is 12.0. The highest BCUT2D eigenvalue weighted by Crippen LogP contribution is 2.23. The summed E-state index contributed by atoms with van der Waals surface area (Å²) in [5.41, 5.74) is 3.27. The van der Waals surface area contributed by atoms with Crippen molar-refractivity contribution in [3.05, 3.63) is 94.8 Å². The van der Waals surface area contributed by atoms with E-state index in [1.165, 1.54) is 0 Å². The van der Waals surface area contributed by atoms with Crippen LogP contribution in [0, 0.1) is 0 Å². The van der Waals surface area contributed by atoms with E-state index in [0.717, 1.165) is 28.3 Å². The smallest absolute Gasteiger partial charge is 0.230 e. The number of aromatic nitrogens is 1. The maximum absolute atomic E-state index is 13.5. The van der Waals surface area contributed by atoms with Crippen LogP contribution < -0.4 is 0 Å². The maximum Gasteiger partial charge on any atom is 0.230 e. The molecule has 4 nitrogen and oxygen atoms in total. The van der Waals surface area contributed by atoms with E-state index in [0.29, 0.717) is 26.2 Å². The molecule has 0 unspecified atom stereocenters. The van der Waals surface area contributed by atoms with Gasteiger partial charge in [0.05, 0.1) is 19.1 Å². The molecule has 1 atom stereocenters. The van der Waals surface area contributed by atoms with Crippen molar-refractivity contribution in [2.24, 2.45) is 0 Å². The van der Waals surface area contributed by atoms with Gasteiger partial charge in [-0.25, -0.2) is 0 Å². The van der Waals surface area contributed by atoms with Gasteiger partial charge in [-0.2, -0.15) is 0 Å². The fourth-order valence-electron chi connectivity index (χ4n) is 3.70. The lowest BCUT2D eigenvalue weighted by Gasteiger charge is -2.27. The number of hydrogen-bond acceptors (Lipinski definition) is 2. The molecule has 0 bridgehead atoms. The highest BCUT2D eigenvalue weighted by molar-refractivity contribution is 6.30. The van der Waals surface area contributed by atoms with Crippen LogP contribution in [0.25, 0.3) is 0 Å². The average Bonchev–Trinajstić information content (AvgIpc) is 3.18. The fourth-order valence-corrected chi connectivity index (χ4v) is 3.91. The van der Waals surface area contributed by atoms with E-state index < -0.39 is 0 Å². The number of halogens is 1. The first-order chi connectivity index (χ1) is 14.6. The van der Waals surface area contributed by atoms with Gasteiger partial charge in [-0.15, -0.1) is 0 Å². The third-order valence-corrected chi connectivity index (χ3v) is 5.54. The van der Waals surface area contributed by atoms with Crippen LogP contribution in [0.15, 0.2) is 72.9 Å². The summed E-state index contributed by atoms with van der Waals surface area (Å²) >= 11 is 6.14. The molecule has 2 aromatic carbocycles. The Morgan fingerprint density at radius 2 is 1.90 bits per heavy atom. The number of rotatable bonds is 10. The Bertz CT molecular complexity index is 939. The zero-order chi connectivity index (χ0) is 21.3. The first kappa shape index (κ1) is 22.1. The maximum atomic E-state index is 13.5. The van der Waals surface area contributed by atoms with E-state index in [-0.39, 0.29) is 11.8 Å². The number of amides is 1. The van der Waals surface area contributed by atoms with Crippen molar-refractivity contribution in [3.8, 4) is 0 Å². The van der Waals surface area contributed by atoms with Crippen molar-refractivity contribution >= 4 is 17.5 Å². The number of ether oxygens (including phenoxy) is 1. The number of carbonyl (C=O) groups is 1. The minimum atomic E-state index is -0.153. The number of carbonyl (C=O) groups excluding carboxylic acids is 1. The number of nitrogens with zero attached hydrogens (tertiary/aromatic N) is 2. The fraction of sp³-hybridized carbons (Fsp3) is 0.320. The van der Waals surface area contributed by atoms with Crippen molar-refractivity contribution < 1.29 is 9.53 Å². The Hall–Kier alpha value is -2.56. The molecule has 1 heterocycles. The molecular weight excluding hydrogens is 396 g/mol. The van der Waals surface area contributed by atoms with Gasteiger partial charge < -0.3 is 14.2 Å². The van der Waals surface area contributed by atoms with Gasteiger partial charge >= 0.3 is 0 Å². The molecule has 1 amide bonds. The van der Waals surface area contributed by atoms with Crippen molar-refractivity contribution in [1.82, 2.24) is 9.47 Å². The molecule has 0 aliphatic carbocycles. The lowest BCUT2D eigenvalue weighted by atomic mass is 9.95. The second kappa shape index (κ2) is 11.0. The number of methoxy groups -OCH3 is 1. The van der Waals surface area contributed by atoms with Crippen LogP contribution in [-0.2, 0) is 22.6 Å². The van der Waals surface area contributed by atoms with E-state index in [2.05, 4.69) is 23.6 Å². The molecule has 0 radical (unpaired) electrons. The molecule has 30 heavy (non-hydrogen) atoms. The van der Waals surface area contributed by atoms with E-state index in [1.807, 2.05) is 65.7 Å². The van der Waals surface area contributed by atoms with E-state index >= 15 is 0 Å². The first-order valence-corrected chi connectivity index (χ1v) is 10.7. The van der Waals surface area contributed by atoms with E-state index in [4.69, 9.17) is 16.3 Å². The molecule has 158 valence electrons. The third kappa shape index (κ3) is 5.74. The van der Waals surface area contributed by atoms with Crippen LogP contribution in [-0.4, -0.2) is 35.6 Å². The molecule has 0 spiro atoms. The van der Waals surface area contributed by atoms with Gasteiger partial charge in [-0.05, 0) is 41.8 Å². The van der Waals surface area contributed by atoms with Gasteiger partial charge in [0.15, 0.2) is 0 Å². The Morgan fingerprint density at radius 3 is 2.60 bits per heavy atom. The predicted octanol–water partition coefficient (Wildman–Crippen LogP) is 5.36. The third-order valence-electron chi connectivity index (χ3n) is 5.30. The molecule has 0 N–H and O–H groups in total. The van der Waals surface area contributed by atoms with Crippen LogP contribution in [0.4, 0.5) is 0 Å². The second-order valence-corrected chi connectivity index (χ2v) is 7.82. The Kier molecular flexibility index (Phi) is 8.12. The summed E-state index contributed by atoms with van der Waals surface area (Å²) in [5, 5.41) is 0.728. The first-order valence-electron chi connectivity index (χ1n) is 10.3. The summed E-state index contributed by atoms with van der Waals surface area (Å²) in [7, 11) is 1.67. The lowest BCUT2D eigenvalue weighted by Crippen LogP contribution is -2.37.